The van der Waals surface area contributed by atoms with Gasteiger partial charge in [-0.05, 0) is 135 Å². The van der Waals surface area contributed by atoms with Gasteiger partial charge in [0.15, 0.2) is 18.7 Å². The minimum absolute atomic E-state index is 0.0596. The topological polar surface area (TPSA) is 190 Å². The summed E-state index contributed by atoms with van der Waals surface area (Å²) in [6.07, 6.45) is 1.07. The molecule has 14 nitrogen and oxygen atoms in total. The summed E-state index contributed by atoms with van der Waals surface area (Å²) >= 11 is 0. The summed E-state index contributed by atoms with van der Waals surface area (Å²) < 4.78 is 43.5. The standard InChI is InChI=1S/C63H82O14/c1-8-50-38(4)55(76-58(69)41-20-14-10-15-21-41)56(77-59(70)42-22-16-11-17-23-42)61(74-50)72-34-36(2)24-27-48(64)37(3)52-49(65)33-47-45-26-25-43-32-44(28-30-62(43,6)46(45)29-31-63(47,52)7)73-60-54(67)39(5)53(66)51(75-60)35-71-57(68)40-18-12-9-13-19-40/h9-23,36-39,43-47,50-56,60-61,66-67H,8,24-35H2,1-7H3/t36-,37+,38+,39-,43?,44?,45?,46?,47?,50?,51?,52?,53-,54?,55-,56?,60+,61+,62?,63?/m0/s1. The van der Waals surface area contributed by atoms with Crippen LogP contribution in [0.2, 0.25) is 0 Å². The number of aliphatic hydroxyl groups is 2. The van der Waals surface area contributed by atoms with E-state index in [2.05, 4.69) is 13.8 Å². The Hall–Kier alpha value is -4.83. The second-order valence-corrected chi connectivity index (χ2v) is 24.2. The third-order valence-corrected chi connectivity index (χ3v) is 19.6. The van der Waals surface area contributed by atoms with Crippen molar-refractivity contribution in [3.8, 4) is 0 Å². The highest BCUT2D eigenvalue weighted by atomic mass is 16.7. The van der Waals surface area contributed by atoms with Crippen molar-refractivity contribution in [3.63, 3.8) is 0 Å². The first-order chi connectivity index (χ1) is 36.9. The van der Waals surface area contributed by atoms with E-state index in [9.17, 15) is 34.2 Å². The van der Waals surface area contributed by atoms with Crippen LogP contribution in [0.15, 0.2) is 91.0 Å². The van der Waals surface area contributed by atoms with Crippen molar-refractivity contribution >= 4 is 29.5 Å². The quantitative estimate of drug-likeness (QED) is 0.0695. The molecule has 418 valence electrons. The second-order valence-electron chi connectivity index (χ2n) is 24.2. The fourth-order valence-electron chi connectivity index (χ4n) is 15.0. The molecule has 3 aromatic rings. The molecule has 9 rings (SSSR count). The van der Waals surface area contributed by atoms with Crippen molar-refractivity contribution in [2.24, 2.45) is 64.1 Å². The molecular weight excluding hydrogens is 981 g/mol. The van der Waals surface area contributed by atoms with Crippen molar-refractivity contribution in [2.45, 2.75) is 174 Å². The Morgan fingerprint density at radius 3 is 1.90 bits per heavy atom. The number of hydrogen-bond donors (Lipinski definition) is 2. The zero-order valence-corrected chi connectivity index (χ0v) is 46.0. The number of Topliss-reactive ketones (excluding diaryl/α,β-unsaturated/α-hetero) is 2. The third kappa shape index (κ3) is 11.9. The smallest absolute Gasteiger partial charge is 0.338 e. The van der Waals surface area contributed by atoms with Gasteiger partial charge >= 0.3 is 17.9 Å². The lowest BCUT2D eigenvalue weighted by atomic mass is 9.44. The van der Waals surface area contributed by atoms with Crippen molar-refractivity contribution < 1.29 is 67.3 Å². The first-order valence-electron chi connectivity index (χ1n) is 28.7. The van der Waals surface area contributed by atoms with Crippen molar-refractivity contribution in [1.29, 1.82) is 0 Å². The Morgan fingerprint density at radius 1 is 0.688 bits per heavy atom. The summed E-state index contributed by atoms with van der Waals surface area (Å²) in [6.45, 7) is 14.4. The van der Waals surface area contributed by atoms with Crippen LogP contribution in [0, 0.1) is 64.1 Å². The molecule has 2 N–H and O–H groups in total. The number of carbonyl (C=O) groups is 5. The fraction of sp³-hybridized carbons (Fsp3) is 0.635. The van der Waals surface area contributed by atoms with E-state index < -0.39 is 72.8 Å². The zero-order valence-electron chi connectivity index (χ0n) is 46.0. The predicted molar refractivity (Wildman–Crippen MR) is 285 cm³/mol. The van der Waals surface area contributed by atoms with Crippen LogP contribution in [-0.4, -0.2) is 108 Å². The number of benzene rings is 3. The van der Waals surface area contributed by atoms with E-state index in [1.165, 1.54) is 0 Å². The average molecular weight is 1060 g/mol. The molecular formula is C63H82O14. The van der Waals surface area contributed by atoms with Gasteiger partial charge in [0.1, 0.15) is 36.5 Å². The van der Waals surface area contributed by atoms with Crippen LogP contribution in [0.4, 0.5) is 0 Å². The molecule has 2 aliphatic heterocycles. The Labute approximate surface area is 454 Å². The maximum Gasteiger partial charge on any atom is 0.338 e. The van der Waals surface area contributed by atoms with Crippen LogP contribution in [0.25, 0.3) is 0 Å². The highest BCUT2D eigenvalue weighted by Gasteiger charge is 2.64. The molecule has 0 spiro atoms. The van der Waals surface area contributed by atoms with Crippen LogP contribution in [0.1, 0.15) is 150 Å². The number of carbonyl (C=O) groups excluding carboxylic acids is 5. The lowest BCUT2D eigenvalue weighted by Gasteiger charge is -2.61. The summed E-state index contributed by atoms with van der Waals surface area (Å²) in [5.74, 6) is -1.63. The number of esters is 3. The molecule has 3 aromatic carbocycles. The predicted octanol–water partition coefficient (Wildman–Crippen LogP) is 10.0. The molecule has 20 atom stereocenters. The first-order valence-corrected chi connectivity index (χ1v) is 28.7. The fourth-order valence-corrected chi connectivity index (χ4v) is 15.0. The van der Waals surface area contributed by atoms with Crippen LogP contribution < -0.4 is 0 Å². The lowest BCUT2D eigenvalue weighted by Crippen LogP contribution is -2.57. The Balaban J connectivity index is 0.786. The van der Waals surface area contributed by atoms with Gasteiger partial charge in [-0.1, -0.05) is 103 Å². The zero-order chi connectivity index (χ0) is 54.8. The summed E-state index contributed by atoms with van der Waals surface area (Å²) in [5.41, 5.74) is 0.912. The third-order valence-electron chi connectivity index (χ3n) is 19.6. The molecule has 4 saturated carbocycles. The van der Waals surface area contributed by atoms with Crippen LogP contribution in [-0.2, 0) is 42.7 Å². The summed E-state index contributed by atoms with van der Waals surface area (Å²) in [4.78, 5) is 68.3. The molecule has 0 amide bonds. The van der Waals surface area contributed by atoms with Crippen LogP contribution in [0.5, 0.6) is 0 Å². The highest BCUT2D eigenvalue weighted by molar-refractivity contribution is 5.92. The molecule has 0 bridgehead atoms. The van der Waals surface area contributed by atoms with Gasteiger partial charge in [-0.15, -0.1) is 0 Å². The minimum Gasteiger partial charge on any atom is -0.459 e. The van der Waals surface area contributed by atoms with E-state index in [1.807, 2.05) is 45.9 Å². The van der Waals surface area contributed by atoms with Gasteiger partial charge in [0.2, 0.25) is 0 Å². The van der Waals surface area contributed by atoms with E-state index in [-0.39, 0.29) is 71.5 Å². The second kappa shape index (κ2) is 24.3. The Morgan fingerprint density at radius 2 is 1.27 bits per heavy atom. The monoisotopic (exact) mass is 1060 g/mol. The van der Waals surface area contributed by atoms with Crippen molar-refractivity contribution in [1.82, 2.24) is 0 Å². The molecule has 4 aliphatic carbocycles. The lowest BCUT2D eigenvalue weighted by molar-refractivity contribution is -0.305. The maximum absolute atomic E-state index is 14.3. The molecule has 14 heteroatoms. The van der Waals surface area contributed by atoms with Gasteiger partial charge in [0.05, 0.1) is 41.6 Å². The summed E-state index contributed by atoms with van der Waals surface area (Å²) in [7, 11) is 0. The number of ether oxygens (including phenoxy) is 7. The maximum atomic E-state index is 14.3. The Kier molecular flexibility index (Phi) is 17.9. The van der Waals surface area contributed by atoms with Gasteiger partial charge in [-0.3, -0.25) is 9.59 Å². The molecule has 0 radical (unpaired) electrons. The van der Waals surface area contributed by atoms with Crippen molar-refractivity contribution in [3.05, 3.63) is 108 Å². The molecule has 0 aromatic heterocycles. The van der Waals surface area contributed by atoms with Crippen molar-refractivity contribution in [2.75, 3.05) is 13.2 Å². The van der Waals surface area contributed by atoms with Gasteiger partial charge < -0.3 is 43.4 Å². The molecule has 6 aliphatic rings. The molecule has 2 heterocycles. The highest BCUT2D eigenvalue weighted by Crippen LogP contribution is 2.68. The summed E-state index contributed by atoms with van der Waals surface area (Å²) in [6, 6.07) is 26.0. The number of ketones is 2. The molecule has 77 heavy (non-hydrogen) atoms. The minimum atomic E-state index is -1.07. The average Bonchev–Trinajstić information content (AvgIpc) is 3.83. The van der Waals surface area contributed by atoms with E-state index in [1.54, 1.807) is 79.7 Å². The van der Waals surface area contributed by atoms with Crippen LogP contribution in [0.3, 0.4) is 0 Å². The number of aliphatic hydroxyl groups excluding tert-OH is 2. The summed E-state index contributed by atoms with van der Waals surface area (Å²) in [5, 5.41) is 22.2. The van der Waals surface area contributed by atoms with Crippen LogP contribution >= 0.6 is 0 Å². The number of fused-ring (bicyclic) bond motifs is 5. The molecule has 12 unspecified atom stereocenters. The molecule has 2 saturated heterocycles. The number of hydrogen-bond acceptors (Lipinski definition) is 14. The van der Waals surface area contributed by atoms with Gasteiger partial charge in [0.25, 0.3) is 0 Å². The van der Waals surface area contributed by atoms with E-state index in [0.717, 1.165) is 44.9 Å². The van der Waals surface area contributed by atoms with E-state index >= 15 is 0 Å². The van der Waals surface area contributed by atoms with Gasteiger partial charge in [-0.2, -0.15) is 0 Å². The number of rotatable bonds is 18. The van der Waals surface area contributed by atoms with E-state index in [0.29, 0.717) is 60.1 Å². The first kappa shape index (κ1) is 56.9. The SMILES string of the molecule is CCC1O[C@@H](OC[C@@H](C)CCC(=O)[C@@H](C)C2C(=O)CC3C4CCC5CC(O[C@@H]6OC(COC(=O)c7ccccc7)[C@@H](O)[C@H](C)C6O)CCC5(C)C4CCC32C)C(OC(=O)c2ccccc2)[C@@H](OC(=O)c2ccccc2)[C@@H]1C. The largest absolute Gasteiger partial charge is 0.459 e. The normalized spacial score (nSPS) is 37.5. The Bertz CT molecular complexity index is 2510. The van der Waals surface area contributed by atoms with E-state index in [4.69, 9.17) is 33.2 Å². The molecule has 6 fully saturated rings. The van der Waals surface area contributed by atoms with Gasteiger partial charge in [-0.25, -0.2) is 14.4 Å². The van der Waals surface area contributed by atoms with Gasteiger partial charge in [0, 0.05) is 36.5 Å².